The molecule has 1 aliphatic rings. The van der Waals surface area contributed by atoms with E-state index in [0.29, 0.717) is 18.1 Å². The lowest BCUT2D eigenvalue weighted by molar-refractivity contribution is 0.331. The first-order valence-electron chi connectivity index (χ1n) is 9.67. The minimum Gasteiger partial charge on any atom is -0.503 e. The first-order valence-corrected chi connectivity index (χ1v) is 9.67. The topological polar surface area (TPSA) is 72.9 Å². The van der Waals surface area contributed by atoms with E-state index in [0.717, 1.165) is 22.9 Å². The Kier molecular flexibility index (Phi) is 4.24. The molecule has 0 fully saturated rings. The fourth-order valence-corrected chi connectivity index (χ4v) is 4.29. The van der Waals surface area contributed by atoms with Crippen LogP contribution in [0.3, 0.4) is 0 Å². The zero-order valence-corrected chi connectivity index (χ0v) is 16.2. The van der Waals surface area contributed by atoms with Crippen molar-refractivity contribution in [1.82, 2.24) is 19.3 Å². The van der Waals surface area contributed by atoms with E-state index in [-0.39, 0.29) is 23.5 Å². The molecule has 5 rings (SSSR count). The molecule has 0 spiro atoms. The molecule has 30 heavy (non-hydrogen) atoms. The highest BCUT2D eigenvalue weighted by atomic mass is 19.1. The van der Waals surface area contributed by atoms with E-state index in [1.54, 1.807) is 23.0 Å². The van der Waals surface area contributed by atoms with E-state index in [1.807, 2.05) is 35.9 Å². The maximum absolute atomic E-state index is 13.7. The number of hydrogen-bond acceptors (Lipinski definition) is 4. The number of halogens is 1. The van der Waals surface area contributed by atoms with Crippen LogP contribution in [-0.2, 0) is 6.54 Å². The van der Waals surface area contributed by atoms with Crippen LogP contribution in [0.15, 0.2) is 71.9 Å². The average molecular weight is 402 g/mol. The molecule has 1 unspecified atom stereocenters. The smallest absolute Gasteiger partial charge is 0.242 e. The van der Waals surface area contributed by atoms with Gasteiger partial charge in [-0.25, -0.2) is 9.37 Å². The normalized spacial score (nSPS) is 16.0. The minimum absolute atomic E-state index is 0.186. The first kappa shape index (κ1) is 18.3. The van der Waals surface area contributed by atoms with Crippen LogP contribution in [-0.4, -0.2) is 24.4 Å². The van der Waals surface area contributed by atoms with Gasteiger partial charge in [0.2, 0.25) is 5.43 Å². The molecule has 3 heterocycles. The number of aromatic nitrogens is 4. The van der Waals surface area contributed by atoms with Crippen LogP contribution in [0, 0.1) is 12.7 Å². The third kappa shape index (κ3) is 2.90. The van der Waals surface area contributed by atoms with Crippen molar-refractivity contribution in [3.05, 3.63) is 99.9 Å². The van der Waals surface area contributed by atoms with Crippen LogP contribution in [0.25, 0.3) is 11.5 Å². The van der Waals surface area contributed by atoms with Crippen LogP contribution in [0.1, 0.15) is 28.7 Å². The monoisotopic (exact) mass is 402 g/mol. The van der Waals surface area contributed by atoms with E-state index in [9.17, 15) is 14.3 Å². The third-order valence-electron chi connectivity index (χ3n) is 5.63. The molecule has 1 N–H and O–H groups in total. The fraction of sp³-hybridized carbons (Fsp3) is 0.174. The van der Waals surface area contributed by atoms with Crippen molar-refractivity contribution < 1.29 is 9.50 Å². The molecule has 1 aliphatic heterocycles. The van der Waals surface area contributed by atoms with Crippen LogP contribution >= 0.6 is 0 Å². The minimum atomic E-state index is -0.551. The number of rotatable bonds is 3. The second kappa shape index (κ2) is 6.95. The summed E-state index contributed by atoms with van der Waals surface area (Å²) in [5.41, 5.74) is 2.81. The molecule has 7 heteroatoms. The maximum atomic E-state index is 13.7. The second-order valence-corrected chi connectivity index (χ2v) is 7.56. The van der Waals surface area contributed by atoms with Crippen LogP contribution in [0.4, 0.5) is 4.39 Å². The van der Waals surface area contributed by atoms with Crippen LogP contribution < -0.4 is 5.43 Å². The van der Waals surface area contributed by atoms with Gasteiger partial charge >= 0.3 is 0 Å². The van der Waals surface area contributed by atoms with E-state index in [1.165, 1.54) is 12.1 Å². The standard InChI is InChI=1S/C23H19FN4O2/c1-14-3-2-4-16(11-14)20(15-5-7-17(24)8-6-15)18-13-27-10-9-25-23(27)21-22(30)19(29)12-26-28(18)21/h2-12,18,20,30H,13H2,1H3/t18-,20?/m1/s1. The fourth-order valence-electron chi connectivity index (χ4n) is 4.29. The molecule has 2 atom stereocenters. The number of nitrogens with zero attached hydrogens (tertiary/aromatic N) is 4. The van der Waals surface area contributed by atoms with Gasteiger partial charge in [0.1, 0.15) is 11.5 Å². The molecule has 2 aromatic heterocycles. The van der Waals surface area contributed by atoms with Crippen molar-refractivity contribution in [3.8, 4) is 17.3 Å². The Morgan fingerprint density at radius 2 is 1.97 bits per heavy atom. The van der Waals surface area contributed by atoms with Gasteiger partial charge in [-0.3, -0.25) is 9.48 Å². The highest BCUT2D eigenvalue weighted by molar-refractivity contribution is 5.60. The van der Waals surface area contributed by atoms with Crippen LogP contribution in [0.2, 0.25) is 0 Å². The lowest BCUT2D eigenvalue weighted by atomic mass is 9.83. The number of aryl methyl sites for hydroxylation is 1. The predicted molar refractivity (Wildman–Crippen MR) is 110 cm³/mol. The molecule has 4 aromatic rings. The molecule has 0 saturated heterocycles. The lowest BCUT2D eigenvalue weighted by Crippen LogP contribution is -2.32. The van der Waals surface area contributed by atoms with E-state index in [2.05, 4.69) is 16.1 Å². The van der Waals surface area contributed by atoms with E-state index in [4.69, 9.17) is 0 Å². The van der Waals surface area contributed by atoms with E-state index < -0.39 is 5.43 Å². The summed E-state index contributed by atoms with van der Waals surface area (Å²) in [6.45, 7) is 2.56. The molecule has 0 radical (unpaired) electrons. The number of benzene rings is 2. The summed E-state index contributed by atoms with van der Waals surface area (Å²) < 4.78 is 17.2. The number of fused-ring (bicyclic) bond motifs is 3. The molecule has 0 aliphatic carbocycles. The van der Waals surface area contributed by atoms with Gasteiger partial charge in [0.25, 0.3) is 0 Å². The molecule has 0 bridgehead atoms. The average Bonchev–Trinajstić information content (AvgIpc) is 3.20. The van der Waals surface area contributed by atoms with Gasteiger partial charge < -0.3 is 9.67 Å². The highest BCUT2D eigenvalue weighted by Gasteiger charge is 2.35. The molecule has 0 amide bonds. The van der Waals surface area contributed by atoms with E-state index >= 15 is 0 Å². The number of aromatic hydroxyl groups is 1. The summed E-state index contributed by atoms with van der Waals surface area (Å²) in [7, 11) is 0. The van der Waals surface area contributed by atoms with Gasteiger partial charge in [0.15, 0.2) is 11.6 Å². The van der Waals surface area contributed by atoms with Crippen molar-refractivity contribution in [2.75, 3.05) is 0 Å². The Balaban J connectivity index is 1.76. The van der Waals surface area contributed by atoms with Gasteiger partial charge in [-0.15, -0.1) is 0 Å². The Labute approximate surface area is 171 Å². The largest absolute Gasteiger partial charge is 0.503 e. The van der Waals surface area contributed by atoms with Gasteiger partial charge in [0.05, 0.1) is 12.2 Å². The highest BCUT2D eigenvalue weighted by Crippen LogP contribution is 2.42. The Bertz CT molecular complexity index is 1290. The lowest BCUT2D eigenvalue weighted by Gasteiger charge is -2.34. The van der Waals surface area contributed by atoms with Gasteiger partial charge in [0, 0.05) is 24.9 Å². The Morgan fingerprint density at radius 3 is 2.73 bits per heavy atom. The summed E-state index contributed by atoms with van der Waals surface area (Å²) in [4.78, 5) is 16.4. The summed E-state index contributed by atoms with van der Waals surface area (Å²) in [6, 6.07) is 14.3. The molecular weight excluding hydrogens is 383 g/mol. The van der Waals surface area contributed by atoms with Crippen molar-refractivity contribution in [3.63, 3.8) is 0 Å². The molecule has 0 saturated carbocycles. The molecular formula is C23H19FN4O2. The van der Waals surface area contributed by atoms with Crippen molar-refractivity contribution in [2.45, 2.75) is 25.4 Å². The Morgan fingerprint density at radius 1 is 1.17 bits per heavy atom. The van der Waals surface area contributed by atoms with Crippen molar-refractivity contribution in [1.29, 1.82) is 0 Å². The SMILES string of the molecule is Cc1cccc(C(c2ccc(F)cc2)[C@H]2Cn3ccnc3-c3c(O)c(=O)cnn32)c1. The number of hydrogen-bond donors (Lipinski definition) is 1. The van der Waals surface area contributed by atoms with Crippen molar-refractivity contribution >= 4 is 0 Å². The van der Waals surface area contributed by atoms with Gasteiger partial charge in [-0.05, 0) is 30.2 Å². The van der Waals surface area contributed by atoms with Crippen LogP contribution in [0.5, 0.6) is 5.75 Å². The van der Waals surface area contributed by atoms with Crippen molar-refractivity contribution in [2.24, 2.45) is 0 Å². The maximum Gasteiger partial charge on any atom is 0.242 e. The third-order valence-corrected chi connectivity index (χ3v) is 5.63. The molecule has 2 aromatic carbocycles. The summed E-state index contributed by atoms with van der Waals surface area (Å²) in [5.74, 6) is -0.364. The molecule has 150 valence electrons. The second-order valence-electron chi connectivity index (χ2n) is 7.56. The number of imidazole rings is 1. The van der Waals surface area contributed by atoms with Gasteiger partial charge in [-0.1, -0.05) is 42.0 Å². The quantitative estimate of drug-likeness (QED) is 0.568. The predicted octanol–water partition coefficient (Wildman–Crippen LogP) is 3.65. The summed E-state index contributed by atoms with van der Waals surface area (Å²) in [5, 5.41) is 14.9. The Hall–Kier alpha value is -3.74. The summed E-state index contributed by atoms with van der Waals surface area (Å²) >= 11 is 0. The first-order chi connectivity index (χ1) is 14.5. The van der Waals surface area contributed by atoms with Gasteiger partial charge in [-0.2, -0.15) is 5.10 Å². The molecule has 6 nitrogen and oxygen atoms in total. The zero-order valence-electron chi connectivity index (χ0n) is 16.2. The summed E-state index contributed by atoms with van der Waals surface area (Å²) in [6.07, 6.45) is 4.58. The zero-order chi connectivity index (χ0) is 20.8.